The first kappa shape index (κ1) is 8.51. The molecule has 0 spiro atoms. The number of halogens is 1. The molecule has 66 valence electrons. The van der Waals surface area contributed by atoms with Crippen LogP contribution >= 0.6 is 15.9 Å². The van der Waals surface area contributed by atoms with E-state index in [1.165, 1.54) is 5.56 Å². The fraction of sp³-hybridized carbons (Fsp3) is 0.100. The molecule has 0 fully saturated rings. The zero-order valence-corrected chi connectivity index (χ0v) is 8.80. The summed E-state index contributed by atoms with van der Waals surface area (Å²) in [5.41, 5.74) is 3.43. The molecule has 0 saturated carbocycles. The lowest BCUT2D eigenvalue weighted by Gasteiger charge is -1.96. The monoisotopic (exact) mass is 236 g/mol. The second kappa shape index (κ2) is 3.34. The lowest BCUT2D eigenvalue weighted by atomic mass is 10.2. The lowest BCUT2D eigenvalue weighted by Crippen LogP contribution is -1.79. The standard InChI is InChI=1S/C10H9BrN2/c1-7-2-10(13-4-7)8-3-9(11)6-12-5-8/h2-6,13H,1H3. The Morgan fingerprint density at radius 2 is 2.15 bits per heavy atom. The van der Waals surface area contributed by atoms with E-state index in [0.717, 1.165) is 15.7 Å². The molecule has 2 aromatic heterocycles. The number of pyridine rings is 1. The van der Waals surface area contributed by atoms with Gasteiger partial charge in [0.1, 0.15) is 0 Å². The highest BCUT2D eigenvalue weighted by Gasteiger charge is 1.99. The summed E-state index contributed by atoms with van der Waals surface area (Å²) in [7, 11) is 0. The summed E-state index contributed by atoms with van der Waals surface area (Å²) in [6, 6.07) is 4.14. The fourth-order valence-electron chi connectivity index (χ4n) is 1.23. The molecule has 0 aliphatic carbocycles. The first-order valence-electron chi connectivity index (χ1n) is 4.01. The van der Waals surface area contributed by atoms with Gasteiger partial charge < -0.3 is 4.98 Å². The van der Waals surface area contributed by atoms with Gasteiger partial charge in [-0.15, -0.1) is 0 Å². The maximum absolute atomic E-state index is 4.10. The van der Waals surface area contributed by atoms with Gasteiger partial charge in [-0.1, -0.05) is 0 Å². The number of aromatic nitrogens is 2. The lowest BCUT2D eigenvalue weighted by molar-refractivity contribution is 1.29. The van der Waals surface area contributed by atoms with Crippen LogP contribution in [-0.4, -0.2) is 9.97 Å². The number of aromatic amines is 1. The predicted octanol–water partition coefficient (Wildman–Crippen LogP) is 3.15. The SMILES string of the molecule is Cc1c[nH]c(-c2cncc(Br)c2)c1. The van der Waals surface area contributed by atoms with Crippen molar-refractivity contribution in [2.45, 2.75) is 6.92 Å². The highest BCUT2D eigenvalue weighted by atomic mass is 79.9. The average Bonchev–Trinajstić information content (AvgIpc) is 2.52. The molecule has 2 nitrogen and oxygen atoms in total. The van der Waals surface area contributed by atoms with Crippen molar-refractivity contribution < 1.29 is 0 Å². The normalized spacial score (nSPS) is 10.3. The Morgan fingerprint density at radius 1 is 1.31 bits per heavy atom. The molecule has 0 unspecified atom stereocenters. The smallest absolute Gasteiger partial charge is 0.0472 e. The summed E-state index contributed by atoms with van der Waals surface area (Å²) >= 11 is 3.39. The number of nitrogens with one attached hydrogen (secondary N) is 1. The van der Waals surface area contributed by atoms with Crippen molar-refractivity contribution in [2.24, 2.45) is 0 Å². The Hall–Kier alpha value is -1.09. The van der Waals surface area contributed by atoms with Gasteiger partial charge in [0.2, 0.25) is 0 Å². The van der Waals surface area contributed by atoms with Crippen molar-refractivity contribution in [1.29, 1.82) is 0 Å². The number of nitrogens with zero attached hydrogens (tertiary/aromatic N) is 1. The van der Waals surface area contributed by atoms with Crippen molar-refractivity contribution in [3.8, 4) is 11.3 Å². The quantitative estimate of drug-likeness (QED) is 0.810. The van der Waals surface area contributed by atoms with Gasteiger partial charge >= 0.3 is 0 Å². The number of H-pyrrole nitrogens is 1. The van der Waals surface area contributed by atoms with Crippen LogP contribution in [0, 0.1) is 6.92 Å². The zero-order valence-electron chi connectivity index (χ0n) is 7.21. The van der Waals surface area contributed by atoms with E-state index in [-0.39, 0.29) is 0 Å². The van der Waals surface area contributed by atoms with Gasteiger partial charge in [0.15, 0.2) is 0 Å². The van der Waals surface area contributed by atoms with Gasteiger partial charge in [0.05, 0.1) is 0 Å². The number of hydrogen-bond donors (Lipinski definition) is 1. The van der Waals surface area contributed by atoms with Crippen LogP contribution in [0.3, 0.4) is 0 Å². The first-order chi connectivity index (χ1) is 6.25. The van der Waals surface area contributed by atoms with Crippen LogP contribution in [0.4, 0.5) is 0 Å². The Kier molecular flexibility index (Phi) is 2.19. The summed E-state index contributed by atoms with van der Waals surface area (Å²) in [5.74, 6) is 0. The van der Waals surface area contributed by atoms with Crippen LogP contribution in [0.5, 0.6) is 0 Å². The fourth-order valence-corrected chi connectivity index (χ4v) is 1.59. The van der Waals surface area contributed by atoms with Crippen molar-refractivity contribution >= 4 is 15.9 Å². The molecule has 2 rings (SSSR count). The van der Waals surface area contributed by atoms with Crippen LogP contribution in [0.15, 0.2) is 35.2 Å². The minimum absolute atomic E-state index is 0.997. The Morgan fingerprint density at radius 3 is 2.77 bits per heavy atom. The van der Waals surface area contributed by atoms with E-state index in [1.54, 1.807) is 6.20 Å². The van der Waals surface area contributed by atoms with Gasteiger partial charge in [-0.25, -0.2) is 0 Å². The largest absolute Gasteiger partial charge is 0.361 e. The van der Waals surface area contributed by atoms with E-state index in [1.807, 2.05) is 18.5 Å². The summed E-state index contributed by atoms with van der Waals surface area (Å²) < 4.78 is 0.997. The molecule has 0 atom stereocenters. The molecule has 13 heavy (non-hydrogen) atoms. The maximum Gasteiger partial charge on any atom is 0.0472 e. The summed E-state index contributed by atoms with van der Waals surface area (Å²) in [4.78, 5) is 7.29. The molecule has 3 heteroatoms. The van der Waals surface area contributed by atoms with Crippen LogP contribution in [0.2, 0.25) is 0 Å². The molecule has 0 saturated heterocycles. The molecule has 2 heterocycles. The summed E-state index contributed by atoms with van der Waals surface area (Å²) in [6.07, 6.45) is 5.60. The molecule has 0 aromatic carbocycles. The van der Waals surface area contributed by atoms with E-state index in [0.29, 0.717) is 0 Å². The van der Waals surface area contributed by atoms with Crippen LogP contribution in [-0.2, 0) is 0 Å². The van der Waals surface area contributed by atoms with E-state index in [4.69, 9.17) is 0 Å². The third-order valence-corrected chi connectivity index (χ3v) is 2.28. The predicted molar refractivity (Wildman–Crippen MR) is 56.5 cm³/mol. The van der Waals surface area contributed by atoms with Crippen molar-refractivity contribution in [2.75, 3.05) is 0 Å². The van der Waals surface area contributed by atoms with Crippen LogP contribution in [0.1, 0.15) is 5.56 Å². The molecule has 0 aliphatic heterocycles. The Labute approximate surface area is 85.1 Å². The highest BCUT2D eigenvalue weighted by Crippen LogP contribution is 2.20. The minimum Gasteiger partial charge on any atom is -0.361 e. The second-order valence-electron chi connectivity index (χ2n) is 2.98. The van der Waals surface area contributed by atoms with Crippen LogP contribution < -0.4 is 0 Å². The molecular formula is C10H9BrN2. The van der Waals surface area contributed by atoms with E-state index >= 15 is 0 Å². The first-order valence-corrected chi connectivity index (χ1v) is 4.81. The van der Waals surface area contributed by atoms with Crippen molar-refractivity contribution in [1.82, 2.24) is 9.97 Å². The van der Waals surface area contributed by atoms with Gasteiger partial charge in [0, 0.05) is 34.3 Å². The number of aryl methyl sites for hydroxylation is 1. The molecule has 2 aromatic rings. The van der Waals surface area contributed by atoms with Crippen molar-refractivity contribution in [3.63, 3.8) is 0 Å². The molecular weight excluding hydrogens is 228 g/mol. The van der Waals surface area contributed by atoms with Crippen molar-refractivity contribution in [3.05, 3.63) is 40.8 Å². The van der Waals surface area contributed by atoms with Gasteiger partial charge in [0.25, 0.3) is 0 Å². The molecule has 1 N–H and O–H groups in total. The summed E-state index contributed by atoms with van der Waals surface area (Å²) in [5, 5.41) is 0. The Bertz CT molecular complexity index is 420. The Balaban J connectivity index is 2.46. The van der Waals surface area contributed by atoms with Gasteiger partial charge in [-0.2, -0.15) is 0 Å². The zero-order chi connectivity index (χ0) is 9.26. The maximum atomic E-state index is 4.10. The molecule has 0 aliphatic rings. The van der Waals surface area contributed by atoms with Gasteiger partial charge in [-0.05, 0) is 40.5 Å². The number of rotatable bonds is 1. The van der Waals surface area contributed by atoms with E-state index in [9.17, 15) is 0 Å². The summed E-state index contributed by atoms with van der Waals surface area (Å²) in [6.45, 7) is 2.06. The molecule has 0 bridgehead atoms. The number of hydrogen-bond acceptors (Lipinski definition) is 1. The third-order valence-electron chi connectivity index (χ3n) is 1.84. The minimum atomic E-state index is 0.997. The van der Waals surface area contributed by atoms with Gasteiger partial charge in [-0.3, -0.25) is 4.98 Å². The average molecular weight is 237 g/mol. The molecule has 0 radical (unpaired) electrons. The third kappa shape index (κ3) is 1.80. The second-order valence-corrected chi connectivity index (χ2v) is 3.90. The topological polar surface area (TPSA) is 28.7 Å². The highest BCUT2D eigenvalue weighted by molar-refractivity contribution is 9.10. The van der Waals surface area contributed by atoms with E-state index < -0.39 is 0 Å². The van der Waals surface area contributed by atoms with Crippen LogP contribution in [0.25, 0.3) is 11.3 Å². The molecule has 0 amide bonds. The van der Waals surface area contributed by atoms with E-state index in [2.05, 4.69) is 38.9 Å².